The van der Waals surface area contributed by atoms with Crippen LogP contribution < -0.4 is 5.84 Å². The molecule has 0 spiro atoms. The van der Waals surface area contributed by atoms with Crippen LogP contribution in [0.5, 0.6) is 0 Å². The van der Waals surface area contributed by atoms with Gasteiger partial charge < -0.3 is 10.9 Å². The molecule has 0 heterocycles. The molecule has 1 atom stereocenters. The molecule has 0 aliphatic carbocycles. The Morgan fingerprint density at radius 3 is 2.50 bits per heavy atom. The summed E-state index contributed by atoms with van der Waals surface area (Å²) < 4.78 is 0. The van der Waals surface area contributed by atoms with E-state index in [1.54, 1.807) is 13.8 Å². The van der Waals surface area contributed by atoms with Crippen molar-refractivity contribution in [1.29, 1.82) is 0 Å². The Kier molecular flexibility index (Phi) is 3.19. The molecule has 8 heavy (non-hydrogen) atoms. The number of nitrogens with zero attached hydrogens (tertiary/aromatic N) is 1. The van der Waals surface area contributed by atoms with E-state index in [4.69, 9.17) is 10.9 Å². The van der Waals surface area contributed by atoms with Crippen LogP contribution in [0.4, 0.5) is 0 Å². The molecule has 0 fully saturated rings. The second kappa shape index (κ2) is 3.43. The summed E-state index contributed by atoms with van der Waals surface area (Å²) in [5, 5.41) is 12.1. The van der Waals surface area contributed by atoms with Crippen molar-refractivity contribution in [1.82, 2.24) is 0 Å². The van der Waals surface area contributed by atoms with Crippen LogP contribution in [0.2, 0.25) is 0 Å². The molecular formula is C5H12N2O. The Morgan fingerprint density at radius 1 is 1.88 bits per heavy atom. The average Bonchev–Trinajstić information content (AvgIpc) is 1.65. The number of aliphatic hydroxyl groups is 1. The Labute approximate surface area is 49.2 Å². The molecule has 0 radical (unpaired) electrons. The van der Waals surface area contributed by atoms with E-state index in [9.17, 15) is 0 Å². The van der Waals surface area contributed by atoms with Gasteiger partial charge in [0.05, 0.1) is 6.10 Å². The van der Waals surface area contributed by atoms with Crippen molar-refractivity contribution in [2.45, 2.75) is 26.4 Å². The highest BCUT2D eigenvalue weighted by molar-refractivity contribution is 5.81. The molecular weight excluding hydrogens is 104 g/mol. The minimum Gasteiger partial charge on any atom is -0.393 e. The first kappa shape index (κ1) is 7.43. The van der Waals surface area contributed by atoms with Crippen LogP contribution in [0.3, 0.4) is 0 Å². The van der Waals surface area contributed by atoms with Gasteiger partial charge in [-0.15, -0.1) is 0 Å². The van der Waals surface area contributed by atoms with E-state index in [0.29, 0.717) is 6.42 Å². The molecule has 0 aliphatic heterocycles. The van der Waals surface area contributed by atoms with Crippen LogP contribution >= 0.6 is 0 Å². The van der Waals surface area contributed by atoms with E-state index in [0.717, 1.165) is 5.71 Å². The minimum absolute atomic E-state index is 0.331. The average molecular weight is 116 g/mol. The Bertz CT molecular complexity index is 88.4. The van der Waals surface area contributed by atoms with Gasteiger partial charge in [-0.3, -0.25) is 0 Å². The molecule has 0 rings (SSSR count). The van der Waals surface area contributed by atoms with Crippen LogP contribution in [-0.4, -0.2) is 16.9 Å². The summed E-state index contributed by atoms with van der Waals surface area (Å²) >= 11 is 0. The van der Waals surface area contributed by atoms with Crippen LogP contribution in [0.1, 0.15) is 20.3 Å². The van der Waals surface area contributed by atoms with Crippen molar-refractivity contribution >= 4 is 5.71 Å². The van der Waals surface area contributed by atoms with E-state index < -0.39 is 0 Å². The molecule has 48 valence electrons. The fraction of sp³-hybridized carbons (Fsp3) is 0.800. The first-order valence-electron chi connectivity index (χ1n) is 2.58. The predicted octanol–water partition coefficient (Wildman–Crippen LogP) is 0.0919. The second-order valence-electron chi connectivity index (χ2n) is 1.92. The molecule has 0 amide bonds. The first-order chi connectivity index (χ1) is 3.66. The molecule has 3 nitrogen and oxygen atoms in total. The zero-order chi connectivity index (χ0) is 6.57. The fourth-order valence-electron chi connectivity index (χ4n) is 0.480. The molecule has 0 saturated carbocycles. The SMILES string of the molecule is CC(CC(C)O)=NN. The lowest BCUT2D eigenvalue weighted by molar-refractivity contribution is 0.203. The first-order valence-corrected chi connectivity index (χ1v) is 2.58. The summed E-state index contributed by atoms with van der Waals surface area (Å²) in [6.45, 7) is 3.49. The summed E-state index contributed by atoms with van der Waals surface area (Å²) in [6.07, 6.45) is 0.235. The van der Waals surface area contributed by atoms with Crippen molar-refractivity contribution in [3.63, 3.8) is 0 Å². The van der Waals surface area contributed by atoms with Gasteiger partial charge in [-0.05, 0) is 13.8 Å². The number of hydrazone groups is 1. The summed E-state index contributed by atoms with van der Waals surface area (Å²) in [4.78, 5) is 0. The van der Waals surface area contributed by atoms with Crippen molar-refractivity contribution in [2.75, 3.05) is 0 Å². The minimum atomic E-state index is -0.331. The van der Waals surface area contributed by atoms with E-state index >= 15 is 0 Å². The smallest absolute Gasteiger partial charge is 0.0564 e. The zero-order valence-corrected chi connectivity index (χ0v) is 5.26. The maximum atomic E-state index is 8.72. The standard InChI is InChI=1S/C5H12N2O/c1-4(7-6)3-5(2)8/h5,8H,3,6H2,1-2H3. The number of hydrogen-bond acceptors (Lipinski definition) is 3. The summed E-state index contributed by atoms with van der Waals surface area (Å²) in [7, 11) is 0. The molecule has 0 bridgehead atoms. The van der Waals surface area contributed by atoms with Gasteiger partial charge in [-0.1, -0.05) is 0 Å². The highest BCUT2D eigenvalue weighted by atomic mass is 16.3. The van der Waals surface area contributed by atoms with Gasteiger partial charge in [-0.2, -0.15) is 5.10 Å². The predicted molar refractivity (Wildman–Crippen MR) is 33.6 cm³/mol. The Hall–Kier alpha value is -0.570. The Balaban J connectivity index is 3.39. The molecule has 3 heteroatoms. The van der Waals surface area contributed by atoms with Gasteiger partial charge in [-0.25, -0.2) is 0 Å². The Morgan fingerprint density at radius 2 is 2.38 bits per heavy atom. The fourth-order valence-corrected chi connectivity index (χ4v) is 0.480. The summed E-state index contributed by atoms with van der Waals surface area (Å²) in [5.41, 5.74) is 0.778. The van der Waals surface area contributed by atoms with Crippen LogP contribution in [0.25, 0.3) is 0 Å². The summed E-state index contributed by atoms with van der Waals surface area (Å²) in [5.74, 6) is 4.90. The zero-order valence-electron chi connectivity index (χ0n) is 5.26. The highest BCUT2D eigenvalue weighted by Crippen LogP contribution is 1.90. The monoisotopic (exact) mass is 116 g/mol. The number of hydrogen-bond donors (Lipinski definition) is 2. The molecule has 0 aliphatic rings. The molecule has 3 N–H and O–H groups in total. The third kappa shape index (κ3) is 3.61. The molecule has 0 aromatic heterocycles. The van der Waals surface area contributed by atoms with Gasteiger partial charge in [0.2, 0.25) is 0 Å². The van der Waals surface area contributed by atoms with Crippen molar-refractivity contribution in [2.24, 2.45) is 10.9 Å². The van der Waals surface area contributed by atoms with Gasteiger partial charge in [0, 0.05) is 12.1 Å². The number of nitrogens with two attached hydrogens (primary N) is 1. The molecule has 0 aromatic rings. The number of rotatable bonds is 2. The van der Waals surface area contributed by atoms with Crippen molar-refractivity contribution in [3.05, 3.63) is 0 Å². The lowest BCUT2D eigenvalue weighted by Crippen LogP contribution is -2.07. The third-order valence-corrected chi connectivity index (χ3v) is 0.811. The molecule has 0 aromatic carbocycles. The van der Waals surface area contributed by atoms with E-state index in [1.165, 1.54) is 0 Å². The third-order valence-electron chi connectivity index (χ3n) is 0.811. The van der Waals surface area contributed by atoms with Crippen molar-refractivity contribution < 1.29 is 5.11 Å². The quantitative estimate of drug-likeness (QED) is 0.305. The van der Waals surface area contributed by atoms with Crippen LogP contribution in [0.15, 0.2) is 5.10 Å². The largest absolute Gasteiger partial charge is 0.393 e. The van der Waals surface area contributed by atoms with E-state index in [1.807, 2.05) is 0 Å². The van der Waals surface area contributed by atoms with E-state index in [2.05, 4.69) is 5.10 Å². The van der Waals surface area contributed by atoms with Crippen LogP contribution in [0, 0.1) is 0 Å². The van der Waals surface area contributed by atoms with Crippen molar-refractivity contribution in [3.8, 4) is 0 Å². The topological polar surface area (TPSA) is 58.6 Å². The lowest BCUT2D eigenvalue weighted by atomic mass is 10.2. The van der Waals surface area contributed by atoms with Crippen LogP contribution in [-0.2, 0) is 0 Å². The van der Waals surface area contributed by atoms with Gasteiger partial charge in [0.1, 0.15) is 0 Å². The highest BCUT2D eigenvalue weighted by Gasteiger charge is 1.95. The normalized spacial score (nSPS) is 16.1. The molecule has 0 saturated heterocycles. The van der Waals surface area contributed by atoms with Gasteiger partial charge in [0.15, 0.2) is 0 Å². The number of aliphatic hydroxyl groups excluding tert-OH is 1. The van der Waals surface area contributed by atoms with Gasteiger partial charge in [0.25, 0.3) is 0 Å². The van der Waals surface area contributed by atoms with Gasteiger partial charge >= 0.3 is 0 Å². The molecule has 1 unspecified atom stereocenters. The lowest BCUT2D eigenvalue weighted by Gasteiger charge is -1.99. The second-order valence-corrected chi connectivity index (χ2v) is 1.92. The van der Waals surface area contributed by atoms with E-state index in [-0.39, 0.29) is 6.10 Å². The summed E-state index contributed by atoms with van der Waals surface area (Å²) in [6, 6.07) is 0. The maximum Gasteiger partial charge on any atom is 0.0564 e. The maximum absolute atomic E-state index is 8.72.